The maximum atomic E-state index is 11.8. The van der Waals surface area contributed by atoms with Gasteiger partial charge in [0.25, 0.3) is 0 Å². The van der Waals surface area contributed by atoms with Gasteiger partial charge in [0.1, 0.15) is 0 Å². The molecule has 2 atom stereocenters. The molecule has 1 N–H and O–H groups in total. The number of benzene rings is 2. The van der Waals surface area contributed by atoms with Crippen molar-refractivity contribution < 1.29 is 4.79 Å². The van der Waals surface area contributed by atoms with Gasteiger partial charge in [-0.05, 0) is 55.0 Å². The number of rotatable bonds is 4. The average molecular weight is 422 g/mol. The van der Waals surface area contributed by atoms with Crippen molar-refractivity contribution in [3.8, 4) is 0 Å². The summed E-state index contributed by atoms with van der Waals surface area (Å²) in [4.78, 5) is 19.4. The van der Waals surface area contributed by atoms with Crippen molar-refractivity contribution >= 4 is 28.9 Å². The molecule has 1 amide bonds. The first kappa shape index (κ1) is 20.7. The fraction of sp³-hybridized carbons (Fsp3) is 0.360. The number of anilines is 1. The van der Waals surface area contributed by atoms with Crippen molar-refractivity contribution in [3.05, 3.63) is 76.3 Å². The van der Waals surface area contributed by atoms with E-state index in [2.05, 4.69) is 35.3 Å². The van der Waals surface area contributed by atoms with E-state index in [1.54, 1.807) is 13.1 Å². The van der Waals surface area contributed by atoms with Crippen LogP contribution in [-0.4, -0.2) is 37.8 Å². The van der Waals surface area contributed by atoms with E-state index in [0.717, 1.165) is 30.8 Å². The fourth-order valence-corrected chi connectivity index (χ4v) is 4.43. The summed E-state index contributed by atoms with van der Waals surface area (Å²) < 4.78 is 0. The van der Waals surface area contributed by atoms with E-state index in [0.29, 0.717) is 5.02 Å². The summed E-state index contributed by atoms with van der Waals surface area (Å²) >= 11 is 6.13. The Morgan fingerprint density at radius 3 is 2.60 bits per heavy atom. The molecule has 0 aliphatic carbocycles. The van der Waals surface area contributed by atoms with Crippen LogP contribution in [0.15, 0.2) is 59.6 Å². The predicted molar refractivity (Wildman–Crippen MR) is 125 cm³/mol. The molecule has 2 aliphatic heterocycles. The largest absolute Gasteiger partial charge is 0.372 e. The summed E-state index contributed by atoms with van der Waals surface area (Å²) in [6, 6.07) is 14.6. The fourth-order valence-electron chi connectivity index (χ4n) is 4.31. The highest BCUT2D eigenvalue weighted by Crippen LogP contribution is 2.31. The molecule has 156 valence electrons. The molecule has 0 saturated carbocycles. The van der Waals surface area contributed by atoms with Gasteiger partial charge in [0.15, 0.2) is 0 Å². The van der Waals surface area contributed by atoms with Crippen molar-refractivity contribution in [1.29, 1.82) is 0 Å². The number of nitrogens with zero attached hydrogens (tertiary/aromatic N) is 2. The SMILES string of the molecule is CNC(=O)C=CC1N=C(c2ccc(Cl)cc2)c2ccc(N3CCCC3)cc2CC1C. The van der Waals surface area contributed by atoms with E-state index >= 15 is 0 Å². The van der Waals surface area contributed by atoms with Crippen LogP contribution >= 0.6 is 11.6 Å². The second kappa shape index (κ2) is 9.05. The topological polar surface area (TPSA) is 44.7 Å². The Labute approximate surface area is 183 Å². The lowest BCUT2D eigenvalue weighted by Crippen LogP contribution is -2.19. The molecule has 0 spiro atoms. The minimum atomic E-state index is -0.108. The Morgan fingerprint density at radius 2 is 1.90 bits per heavy atom. The normalized spacial score (nSPS) is 21.3. The summed E-state index contributed by atoms with van der Waals surface area (Å²) in [7, 11) is 1.64. The van der Waals surface area contributed by atoms with Crippen LogP contribution in [-0.2, 0) is 11.2 Å². The summed E-state index contributed by atoms with van der Waals surface area (Å²) in [5.74, 6) is 0.173. The maximum Gasteiger partial charge on any atom is 0.243 e. The van der Waals surface area contributed by atoms with Gasteiger partial charge in [-0.3, -0.25) is 9.79 Å². The van der Waals surface area contributed by atoms with E-state index in [1.807, 2.05) is 30.3 Å². The van der Waals surface area contributed by atoms with Crippen LogP contribution in [0.25, 0.3) is 0 Å². The molecule has 5 heteroatoms. The number of carbonyl (C=O) groups excluding carboxylic acids is 1. The van der Waals surface area contributed by atoms with Crippen molar-refractivity contribution in [3.63, 3.8) is 0 Å². The first-order valence-electron chi connectivity index (χ1n) is 10.7. The molecule has 0 bridgehead atoms. The third kappa shape index (κ3) is 4.44. The van der Waals surface area contributed by atoms with Crippen molar-refractivity contribution in [1.82, 2.24) is 5.32 Å². The van der Waals surface area contributed by atoms with Gasteiger partial charge < -0.3 is 10.2 Å². The number of hydrogen-bond donors (Lipinski definition) is 1. The van der Waals surface area contributed by atoms with Gasteiger partial charge in [0.2, 0.25) is 5.91 Å². The zero-order valence-electron chi connectivity index (χ0n) is 17.6. The third-order valence-corrected chi connectivity index (χ3v) is 6.28. The number of halogens is 1. The van der Waals surface area contributed by atoms with E-state index in [4.69, 9.17) is 16.6 Å². The molecule has 2 aromatic rings. The molecule has 1 saturated heterocycles. The standard InChI is InChI=1S/C25H28ClN3O/c1-17-15-19-16-21(29-13-3-4-14-29)9-10-22(19)25(18-5-7-20(26)8-6-18)28-23(17)11-12-24(30)27-2/h5-12,16-17,23H,3-4,13-15H2,1-2H3,(H,27,30). The van der Waals surface area contributed by atoms with Gasteiger partial charge in [-0.15, -0.1) is 0 Å². The number of fused-ring (bicyclic) bond motifs is 1. The number of aliphatic imine (C=N–C) groups is 1. The van der Waals surface area contributed by atoms with Crippen molar-refractivity contribution in [2.75, 3.05) is 25.0 Å². The molecule has 1 fully saturated rings. The summed E-state index contributed by atoms with van der Waals surface area (Å²) in [5, 5.41) is 3.36. The van der Waals surface area contributed by atoms with Crippen LogP contribution in [0.1, 0.15) is 36.5 Å². The first-order valence-corrected chi connectivity index (χ1v) is 11.0. The number of likely N-dealkylation sites (N-methyl/N-ethyl adjacent to an activating group) is 1. The zero-order chi connectivity index (χ0) is 21.1. The van der Waals surface area contributed by atoms with Gasteiger partial charge in [-0.25, -0.2) is 0 Å². The minimum Gasteiger partial charge on any atom is -0.372 e. The molecule has 30 heavy (non-hydrogen) atoms. The number of hydrogen-bond acceptors (Lipinski definition) is 3. The summed E-state index contributed by atoms with van der Waals surface area (Å²) in [5.41, 5.74) is 5.79. The summed E-state index contributed by atoms with van der Waals surface area (Å²) in [6.45, 7) is 4.47. The van der Waals surface area contributed by atoms with Gasteiger partial charge in [-0.1, -0.05) is 42.8 Å². The minimum absolute atomic E-state index is 0.0735. The van der Waals surface area contributed by atoms with Crippen LogP contribution in [0.5, 0.6) is 0 Å². The Morgan fingerprint density at radius 1 is 1.17 bits per heavy atom. The van der Waals surface area contributed by atoms with E-state index < -0.39 is 0 Å². The van der Waals surface area contributed by atoms with Gasteiger partial charge in [0, 0.05) is 48.1 Å². The highest BCUT2D eigenvalue weighted by Gasteiger charge is 2.25. The highest BCUT2D eigenvalue weighted by atomic mass is 35.5. The second-order valence-electron chi connectivity index (χ2n) is 8.17. The van der Waals surface area contributed by atoms with Gasteiger partial charge >= 0.3 is 0 Å². The van der Waals surface area contributed by atoms with E-state index in [9.17, 15) is 4.79 Å². The Bertz CT molecular complexity index is 974. The lowest BCUT2D eigenvalue weighted by atomic mass is 9.91. The molecule has 0 radical (unpaired) electrons. The quantitative estimate of drug-likeness (QED) is 0.731. The molecule has 2 heterocycles. The van der Waals surface area contributed by atoms with E-state index in [1.165, 1.54) is 29.7 Å². The monoisotopic (exact) mass is 421 g/mol. The smallest absolute Gasteiger partial charge is 0.243 e. The average Bonchev–Trinajstić information content (AvgIpc) is 3.25. The molecule has 2 aliphatic rings. The number of carbonyl (C=O) groups is 1. The van der Waals surface area contributed by atoms with Crippen LogP contribution in [0.3, 0.4) is 0 Å². The van der Waals surface area contributed by atoms with Crippen LogP contribution in [0, 0.1) is 5.92 Å². The Balaban J connectivity index is 1.78. The second-order valence-corrected chi connectivity index (χ2v) is 8.60. The van der Waals surface area contributed by atoms with Crippen LogP contribution in [0.2, 0.25) is 5.02 Å². The number of nitrogens with one attached hydrogen (secondary N) is 1. The zero-order valence-corrected chi connectivity index (χ0v) is 18.3. The summed E-state index contributed by atoms with van der Waals surface area (Å²) in [6.07, 6.45) is 6.96. The maximum absolute atomic E-state index is 11.8. The molecule has 2 unspecified atom stereocenters. The molecule has 4 rings (SSSR count). The molecule has 2 aromatic carbocycles. The predicted octanol–water partition coefficient (Wildman–Crippen LogP) is 4.64. The Kier molecular flexibility index (Phi) is 6.24. The van der Waals surface area contributed by atoms with Crippen molar-refractivity contribution in [2.45, 2.75) is 32.2 Å². The van der Waals surface area contributed by atoms with Crippen LogP contribution in [0.4, 0.5) is 5.69 Å². The number of amides is 1. The first-order chi connectivity index (χ1) is 14.5. The highest BCUT2D eigenvalue weighted by molar-refractivity contribution is 6.30. The van der Waals surface area contributed by atoms with Gasteiger partial charge in [0.05, 0.1) is 11.8 Å². The Hall–Kier alpha value is -2.59. The molecule has 0 aromatic heterocycles. The molecule has 4 nitrogen and oxygen atoms in total. The van der Waals surface area contributed by atoms with Gasteiger partial charge in [-0.2, -0.15) is 0 Å². The third-order valence-electron chi connectivity index (χ3n) is 6.03. The molecular weight excluding hydrogens is 394 g/mol. The van der Waals surface area contributed by atoms with Crippen LogP contribution < -0.4 is 10.2 Å². The van der Waals surface area contributed by atoms with Crippen molar-refractivity contribution in [2.24, 2.45) is 10.9 Å². The molecular formula is C25H28ClN3O. The lowest BCUT2D eigenvalue weighted by Gasteiger charge is -2.20. The lowest BCUT2D eigenvalue weighted by molar-refractivity contribution is -0.116. The van der Waals surface area contributed by atoms with E-state index in [-0.39, 0.29) is 17.9 Å².